The Hall–Kier alpha value is -0.393. The molecule has 0 radical (unpaired) electrons. The van der Waals surface area contributed by atoms with Crippen molar-refractivity contribution in [2.75, 3.05) is 19.4 Å². The highest BCUT2D eigenvalue weighted by Crippen LogP contribution is 2.24. The summed E-state index contributed by atoms with van der Waals surface area (Å²) < 4.78 is 11.7. The van der Waals surface area contributed by atoms with E-state index in [-0.39, 0.29) is 5.91 Å². The molecule has 112 valence electrons. The van der Waals surface area contributed by atoms with Gasteiger partial charge in [-0.3, -0.25) is 4.79 Å². The van der Waals surface area contributed by atoms with Crippen LogP contribution in [0.2, 0.25) is 6.55 Å². The van der Waals surface area contributed by atoms with Gasteiger partial charge in [0.2, 0.25) is 5.91 Å². The molecule has 4 nitrogen and oxygen atoms in total. The lowest BCUT2D eigenvalue weighted by Gasteiger charge is -2.38. The summed E-state index contributed by atoms with van der Waals surface area (Å²) in [7, 11) is -2.25. The summed E-state index contributed by atoms with van der Waals surface area (Å²) in [5.74, 6) is 0.157. The summed E-state index contributed by atoms with van der Waals surface area (Å²) in [5, 5.41) is 0. The van der Waals surface area contributed by atoms with Gasteiger partial charge in [-0.15, -0.1) is 0 Å². The van der Waals surface area contributed by atoms with Crippen LogP contribution in [-0.2, 0) is 13.6 Å². The van der Waals surface area contributed by atoms with Gasteiger partial charge in [0.25, 0.3) is 0 Å². The van der Waals surface area contributed by atoms with Crippen LogP contribution in [0.5, 0.6) is 0 Å². The lowest BCUT2D eigenvalue weighted by Crippen LogP contribution is -2.54. The largest absolute Gasteiger partial charge is 0.394 e. The van der Waals surface area contributed by atoms with Gasteiger partial charge in [0.05, 0.1) is 6.17 Å². The van der Waals surface area contributed by atoms with Crippen LogP contribution >= 0.6 is 0 Å². The molecule has 19 heavy (non-hydrogen) atoms. The number of amides is 1. The zero-order valence-electron chi connectivity index (χ0n) is 12.9. The molecular weight excluding hydrogens is 258 g/mol. The molecule has 0 aliphatic heterocycles. The topological polar surface area (TPSA) is 38.8 Å². The van der Waals surface area contributed by atoms with Crippen LogP contribution in [0.1, 0.15) is 52.9 Å². The van der Waals surface area contributed by atoms with Crippen molar-refractivity contribution >= 4 is 14.5 Å². The second-order valence-corrected chi connectivity index (χ2v) is 8.60. The van der Waals surface area contributed by atoms with E-state index in [0.29, 0.717) is 25.4 Å². The molecule has 5 heteroatoms. The normalized spacial score (nSPS) is 17.5. The molecule has 0 spiro atoms. The van der Waals surface area contributed by atoms with Crippen molar-refractivity contribution in [1.29, 1.82) is 0 Å². The van der Waals surface area contributed by atoms with Gasteiger partial charge in [-0.25, -0.2) is 0 Å². The van der Waals surface area contributed by atoms with Gasteiger partial charge in [-0.1, -0.05) is 19.3 Å². The van der Waals surface area contributed by atoms with Crippen LogP contribution in [0, 0.1) is 0 Å². The number of hydrogen-bond donors (Lipinski definition) is 0. The highest BCUT2D eigenvalue weighted by molar-refractivity contribution is 6.66. The van der Waals surface area contributed by atoms with E-state index in [1.54, 1.807) is 6.92 Å². The van der Waals surface area contributed by atoms with Crippen molar-refractivity contribution in [3.8, 4) is 0 Å². The Morgan fingerprint density at radius 1 is 1.16 bits per heavy atom. The molecule has 0 aromatic heterocycles. The zero-order valence-corrected chi connectivity index (χ0v) is 13.9. The van der Waals surface area contributed by atoms with Crippen LogP contribution in [0.25, 0.3) is 0 Å². The third kappa shape index (κ3) is 5.24. The predicted octanol–water partition coefficient (Wildman–Crippen LogP) is 2.85. The molecule has 1 aliphatic rings. The van der Waals surface area contributed by atoms with E-state index in [4.69, 9.17) is 8.85 Å². The summed E-state index contributed by atoms with van der Waals surface area (Å²) in [4.78, 5) is 14.0. The van der Waals surface area contributed by atoms with Crippen molar-refractivity contribution in [2.24, 2.45) is 0 Å². The fourth-order valence-electron chi connectivity index (χ4n) is 2.94. The lowest BCUT2D eigenvalue weighted by molar-refractivity contribution is -0.131. The third-order valence-corrected chi connectivity index (χ3v) is 6.49. The summed E-state index contributed by atoms with van der Waals surface area (Å²) >= 11 is 0. The second kappa shape index (κ2) is 8.02. The van der Waals surface area contributed by atoms with Crippen molar-refractivity contribution < 1.29 is 13.6 Å². The minimum Gasteiger partial charge on any atom is -0.394 e. The molecule has 0 atom stereocenters. The van der Waals surface area contributed by atoms with E-state index in [2.05, 4.69) is 6.55 Å². The van der Waals surface area contributed by atoms with Gasteiger partial charge >= 0.3 is 8.56 Å². The maximum atomic E-state index is 12.0. The number of carbonyl (C=O) groups is 1. The maximum absolute atomic E-state index is 12.0. The minimum absolute atomic E-state index is 0.157. The maximum Gasteiger partial charge on any atom is 0.355 e. The van der Waals surface area contributed by atoms with Gasteiger partial charge < -0.3 is 13.8 Å². The molecule has 0 bridgehead atoms. The Bertz CT molecular complexity index is 274. The highest BCUT2D eigenvalue weighted by Gasteiger charge is 2.37. The summed E-state index contributed by atoms with van der Waals surface area (Å²) in [6, 6.07) is 0.388. The second-order valence-electron chi connectivity index (χ2n) is 5.44. The van der Waals surface area contributed by atoms with Crippen LogP contribution < -0.4 is 0 Å². The van der Waals surface area contributed by atoms with Crippen molar-refractivity contribution in [3.63, 3.8) is 0 Å². The molecule has 0 unspecified atom stereocenters. The van der Waals surface area contributed by atoms with Gasteiger partial charge in [0, 0.05) is 26.2 Å². The van der Waals surface area contributed by atoms with Crippen LogP contribution in [0.15, 0.2) is 0 Å². The highest BCUT2D eigenvalue weighted by atomic mass is 28.4. The third-order valence-electron chi connectivity index (χ3n) is 3.78. The Morgan fingerprint density at radius 2 is 1.68 bits per heavy atom. The van der Waals surface area contributed by atoms with Crippen molar-refractivity contribution in [3.05, 3.63) is 0 Å². The van der Waals surface area contributed by atoms with E-state index in [1.807, 2.05) is 18.7 Å². The molecule has 1 fully saturated rings. The molecule has 1 rings (SSSR count). The summed E-state index contributed by atoms with van der Waals surface area (Å²) in [6.45, 7) is 9.02. The molecule has 0 aromatic rings. The molecule has 1 amide bonds. The Balaban J connectivity index is 2.71. The number of hydrogen-bond acceptors (Lipinski definition) is 3. The first-order valence-electron chi connectivity index (χ1n) is 7.57. The first-order valence-corrected chi connectivity index (χ1v) is 10.1. The SMILES string of the molecule is CCO[Si](C)(CN(C(C)=O)C1CCCCC1)OCC. The molecule has 0 aromatic carbocycles. The van der Waals surface area contributed by atoms with Crippen LogP contribution in [0.3, 0.4) is 0 Å². The zero-order chi connectivity index (χ0) is 14.3. The van der Waals surface area contributed by atoms with E-state index in [0.717, 1.165) is 12.8 Å². The Kier molecular flexibility index (Phi) is 7.03. The lowest BCUT2D eigenvalue weighted by atomic mass is 9.94. The molecular formula is C14H29NO3Si. The molecule has 1 aliphatic carbocycles. The van der Waals surface area contributed by atoms with E-state index >= 15 is 0 Å². The first-order chi connectivity index (χ1) is 9.02. The Labute approximate surface area is 118 Å². The molecule has 0 N–H and O–H groups in total. The number of carbonyl (C=O) groups excluding carboxylic acids is 1. The quantitative estimate of drug-likeness (QED) is 0.676. The fourth-order valence-corrected chi connectivity index (χ4v) is 5.53. The Morgan fingerprint density at radius 3 is 2.11 bits per heavy atom. The number of rotatable bonds is 7. The number of nitrogens with zero attached hydrogens (tertiary/aromatic N) is 1. The van der Waals surface area contributed by atoms with Crippen LogP contribution in [-0.4, -0.2) is 44.8 Å². The van der Waals surface area contributed by atoms with Crippen LogP contribution in [0.4, 0.5) is 0 Å². The molecule has 0 saturated heterocycles. The van der Waals surface area contributed by atoms with E-state index in [1.165, 1.54) is 19.3 Å². The predicted molar refractivity (Wildman–Crippen MR) is 79.1 cm³/mol. The molecule has 0 heterocycles. The van der Waals surface area contributed by atoms with E-state index in [9.17, 15) is 4.79 Å². The minimum atomic E-state index is -2.25. The van der Waals surface area contributed by atoms with Crippen molar-refractivity contribution in [2.45, 2.75) is 65.5 Å². The standard InChI is InChI=1S/C14H29NO3Si/c1-5-17-19(4,18-6-2)12-15(13(3)16)14-10-8-7-9-11-14/h14H,5-12H2,1-4H3. The van der Waals surface area contributed by atoms with Gasteiger partial charge in [0.1, 0.15) is 0 Å². The van der Waals surface area contributed by atoms with Gasteiger partial charge in [0.15, 0.2) is 0 Å². The summed E-state index contributed by atoms with van der Waals surface area (Å²) in [6.07, 6.45) is 6.68. The average Bonchev–Trinajstić information content (AvgIpc) is 2.37. The molecule has 1 saturated carbocycles. The monoisotopic (exact) mass is 287 g/mol. The summed E-state index contributed by atoms with van der Waals surface area (Å²) in [5.41, 5.74) is 0. The average molecular weight is 287 g/mol. The van der Waals surface area contributed by atoms with E-state index < -0.39 is 8.56 Å². The van der Waals surface area contributed by atoms with Gasteiger partial charge in [-0.05, 0) is 33.2 Å². The van der Waals surface area contributed by atoms with Gasteiger partial charge in [-0.2, -0.15) is 0 Å². The first kappa shape index (κ1) is 16.7. The van der Waals surface area contributed by atoms with Crippen molar-refractivity contribution in [1.82, 2.24) is 4.90 Å². The fraction of sp³-hybridized carbons (Fsp3) is 0.929. The smallest absolute Gasteiger partial charge is 0.355 e.